The van der Waals surface area contributed by atoms with Crippen molar-refractivity contribution in [1.82, 2.24) is 20.6 Å². The van der Waals surface area contributed by atoms with Crippen LogP contribution in [0.1, 0.15) is 22.5 Å². The zero-order valence-electron chi connectivity index (χ0n) is 15.3. The Morgan fingerprint density at radius 1 is 1.08 bits per heavy atom. The van der Waals surface area contributed by atoms with E-state index in [0.29, 0.717) is 24.9 Å². The van der Waals surface area contributed by atoms with Crippen molar-refractivity contribution in [2.24, 2.45) is 4.99 Å². The van der Waals surface area contributed by atoms with Gasteiger partial charge in [0, 0.05) is 18.8 Å². The van der Waals surface area contributed by atoms with Gasteiger partial charge in [-0.05, 0) is 37.6 Å². The maximum atomic E-state index is 5.58. The minimum absolute atomic E-state index is 0.524. The number of benzene rings is 1. The van der Waals surface area contributed by atoms with Crippen molar-refractivity contribution >= 4 is 5.96 Å². The summed E-state index contributed by atoms with van der Waals surface area (Å²) in [6, 6.07) is 12.1. The van der Waals surface area contributed by atoms with Crippen LogP contribution < -0.4 is 10.6 Å². The van der Waals surface area contributed by atoms with E-state index in [1.165, 1.54) is 5.56 Å². The molecule has 0 radical (unpaired) electrons. The van der Waals surface area contributed by atoms with E-state index in [9.17, 15) is 0 Å². The minimum Gasteiger partial charge on any atom is -0.444 e. The SMILES string of the molecule is CN=C(NCc1coc(-c2ccc(C)cc2)n1)NCc1ncccc1C. The lowest BCUT2D eigenvalue weighted by Gasteiger charge is -2.11. The molecule has 0 aliphatic carbocycles. The standard InChI is InChI=1S/C20H23N5O/c1-14-6-8-16(9-7-14)19-25-17(13-26-19)11-23-20(21-3)24-12-18-15(2)5-4-10-22-18/h4-10,13H,11-12H2,1-3H3,(H2,21,23,24). The second kappa shape index (κ2) is 8.29. The monoisotopic (exact) mass is 349 g/mol. The van der Waals surface area contributed by atoms with E-state index in [4.69, 9.17) is 4.42 Å². The van der Waals surface area contributed by atoms with E-state index in [1.54, 1.807) is 19.5 Å². The zero-order chi connectivity index (χ0) is 18.4. The van der Waals surface area contributed by atoms with E-state index < -0.39 is 0 Å². The van der Waals surface area contributed by atoms with E-state index in [0.717, 1.165) is 22.5 Å². The van der Waals surface area contributed by atoms with Crippen molar-refractivity contribution in [3.63, 3.8) is 0 Å². The van der Waals surface area contributed by atoms with Gasteiger partial charge in [0.05, 0.1) is 24.5 Å². The number of oxazole rings is 1. The molecule has 3 aromatic rings. The van der Waals surface area contributed by atoms with Gasteiger partial charge >= 0.3 is 0 Å². The van der Waals surface area contributed by atoms with Crippen molar-refractivity contribution in [1.29, 1.82) is 0 Å². The van der Waals surface area contributed by atoms with Gasteiger partial charge in [-0.15, -0.1) is 0 Å². The van der Waals surface area contributed by atoms with E-state index >= 15 is 0 Å². The molecule has 0 aliphatic rings. The Balaban J connectivity index is 1.56. The number of hydrogen-bond acceptors (Lipinski definition) is 4. The lowest BCUT2D eigenvalue weighted by molar-refractivity contribution is 0.572. The third-order valence-electron chi connectivity index (χ3n) is 4.05. The predicted molar refractivity (Wildman–Crippen MR) is 103 cm³/mol. The Morgan fingerprint density at radius 3 is 2.58 bits per heavy atom. The topological polar surface area (TPSA) is 75.3 Å². The van der Waals surface area contributed by atoms with Crippen molar-refractivity contribution < 1.29 is 4.42 Å². The van der Waals surface area contributed by atoms with E-state index in [-0.39, 0.29) is 0 Å². The fourth-order valence-electron chi connectivity index (χ4n) is 2.48. The van der Waals surface area contributed by atoms with Crippen LogP contribution in [0.5, 0.6) is 0 Å². The molecule has 0 spiro atoms. The van der Waals surface area contributed by atoms with Gasteiger partial charge in [-0.3, -0.25) is 9.98 Å². The van der Waals surface area contributed by atoms with Gasteiger partial charge < -0.3 is 15.1 Å². The molecule has 0 bridgehead atoms. The Hall–Kier alpha value is -3.15. The Morgan fingerprint density at radius 2 is 1.85 bits per heavy atom. The number of rotatable bonds is 5. The molecule has 6 nitrogen and oxygen atoms in total. The highest BCUT2D eigenvalue weighted by Crippen LogP contribution is 2.18. The highest BCUT2D eigenvalue weighted by molar-refractivity contribution is 5.79. The summed E-state index contributed by atoms with van der Waals surface area (Å²) in [5.41, 5.74) is 5.14. The molecule has 26 heavy (non-hydrogen) atoms. The molecule has 6 heteroatoms. The molecular weight excluding hydrogens is 326 g/mol. The third-order valence-corrected chi connectivity index (χ3v) is 4.05. The number of pyridine rings is 1. The Bertz CT molecular complexity index is 883. The molecule has 134 valence electrons. The second-order valence-electron chi connectivity index (χ2n) is 6.06. The number of hydrogen-bond donors (Lipinski definition) is 2. The first-order valence-corrected chi connectivity index (χ1v) is 8.52. The summed E-state index contributed by atoms with van der Waals surface area (Å²) in [6.45, 7) is 5.23. The number of aryl methyl sites for hydroxylation is 2. The Labute approximate surface area is 153 Å². The van der Waals surface area contributed by atoms with Crippen LogP contribution in [0.3, 0.4) is 0 Å². The Kier molecular flexibility index (Phi) is 5.63. The fourth-order valence-corrected chi connectivity index (χ4v) is 2.48. The van der Waals surface area contributed by atoms with Crippen LogP contribution in [-0.2, 0) is 13.1 Å². The van der Waals surface area contributed by atoms with Gasteiger partial charge in [0.25, 0.3) is 0 Å². The first-order valence-electron chi connectivity index (χ1n) is 8.52. The van der Waals surface area contributed by atoms with Gasteiger partial charge in [0.15, 0.2) is 5.96 Å². The molecule has 0 aliphatic heterocycles. The fraction of sp³-hybridized carbons (Fsp3) is 0.250. The molecule has 2 N–H and O–H groups in total. The first-order chi connectivity index (χ1) is 12.7. The van der Waals surface area contributed by atoms with Gasteiger partial charge in [-0.1, -0.05) is 23.8 Å². The molecule has 2 heterocycles. The average Bonchev–Trinajstić information content (AvgIpc) is 3.13. The van der Waals surface area contributed by atoms with Crippen molar-refractivity contribution in [2.45, 2.75) is 26.9 Å². The molecule has 0 saturated carbocycles. The van der Waals surface area contributed by atoms with Crippen molar-refractivity contribution in [3.05, 3.63) is 71.4 Å². The van der Waals surface area contributed by atoms with Crippen LogP contribution in [0.15, 0.2) is 58.3 Å². The summed E-state index contributed by atoms with van der Waals surface area (Å²) in [6.07, 6.45) is 3.46. The van der Waals surface area contributed by atoms with E-state index in [1.807, 2.05) is 43.3 Å². The lowest BCUT2D eigenvalue weighted by atomic mass is 10.1. The van der Waals surface area contributed by atoms with Gasteiger partial charge in [0.1, 0.15) is 6.26 Å². The molecular formula is C20H23N5O. The third kappa shape index (κ3) is 4.47. The summed E-state index contributed by atoms with van der Waals surface area (Å²) in [5.74, 6) is 1.31. The molecule has 0 fully saturated rings. The van der Waals surface area contributed by atoms with Crippen LogP contribution in [0.25, 0.3) is 11.5 Å². The molecule has 0 unspecified atom stereocenters. The second-order valence-corrected chi connectivity index (χ2v) is 6.06. The summed E-state index contributed by atoms with van der Waals surface area (Å²) in [5, 5.41) is 6.50. The summed E-state index contributed by atoms with van der Waals surface area (Å²) < 4.78 is 5.58. The first kappa shape index (κ1) is 17.7. The van der Waals surface area contributed by atoms with Gasteiger partial charge in [0.2, 0.25) is 5.89 Å². The smallest absolute Gasteiger partial charge is 0.226 e. The molecule has 3 rings (SSSR count). The van der Waals surface area contributed by atoms with Gasteiger partial charge in [-0.25, -0.2) is 4.98 Å². The van der Waals surface area contributed by atoms with Crippen LogP contribution in [0.4, 0.5) is 0 Å². The number of aliphatic imine (C=N–C) groups is 1. The number of nitrogens with one attached hydrogen (secondary N) is 2. The number of aromatic nitrogens is 2. The highest BCUT2D eigenvalue weighted by Gasteiger charge is 2.08. The average molecular weight is 349 g/mol. The molecule has 0 amide bonds. The molecule has 2 aromatic heterocycles. The molecule has 0 saturated heterocycles. The maximum Gasteiger partial charge on any atom is 0.226 e. The van der Waals surface area contributed by atoms with Crippen LogP contribution in [-0.4, -0.2) is 23.0 Å². The highest BCUT2D eigenvalue weighted by atomic mass is 16.3. The molecule has 1 aromatic carbocycles. The summed E-state index contributed by atoms with van der Waals surface area (Å²) in [7, 11) is 1.74. The summed E-state index contributed by atoms with van der Waals surface area (Å²) in [4.78, 5) is 13.1. The maximum absolute atomic E-state index is 5.58. The van der Waals surface area contributed by atoms with Gasteiger partial charge in [-0.2, -0.15) is 0 Å². The van der Waals surface area contributed by atoms with Crippen LogP contribution in [0, 0.1) is 13.8 Å². The van der Waals surface area contributed by atoms with E-state index in [2.05, 4.69) is 32.5 Å². The minimum atomic E-state index is 0.524. The quantitative estimate of drug-likeness (QED) is 0.546. The van der Waals surface area contributed by atoms with Crippen molar-refractivity contribution in [3.8, 4) is 11.5 Å². The van der Waals surface area contributed by atoms with Crippen LogP contribution >= 0.6 is 0 Å². The number of nitrogens with zero attached hydrogens (tertiary/aromatic N) is 3. The molecule has 0 atom stereocenters. The number of guanidine groups is 1. The summed E-state index contributed by atoms with van der Waals surface area (Å²) >= 11 is 0. The predicted octanol–water partition coefficient (Wildman–Crippen LogP) is 3.22. The normalized spacial score (nSPS) is 11.4. The lowest BCUT2D eigenvalue weighted by Crippen LogP contribution is -2.36. The van der Waals surface area contributed by atoms with Crippen LogP contribution in [0.2, 0.25) is 0 Å². The largest absolute Gasteiger partial charge is 0.444 e. The zero-order valence-corrected chi connectivity index (χ0v) is 15.3. The van der Waals surface area contributed by atoms with Crippen molar-refractivity contribution in [2.75, 3.05) is 7.05 Å².